The average Bonchev–Trinajstić information content (AvgIpc) is 3.21. The van der Waals surface area contributed by atoms with Crippen molar-refractivity contribution >= 4 is 29.9 Å². The summed E-state index contributed by atoms with van der Waals surface area (Å²) in [5.74, 6) is 1.44. The quantitative estimate of drug-likeness (QED) is 0.246. The molecule has 7 nitrogen and oxygen atoms in total. The van der Waals surface area contributed by atoms with E-state index in [1.807, 2.05) is 30.3 Å². The number of hydrogen-bond acceptors (Lipinski definition) is 5. The normalized spacial score (nSPS) is 15.7. The number of rotatable bonds is 8. The van der Waals surface area contributed by atoms with Crippen LogP contribution in [-0.2, 0) is 6.54 Å². The number of nitrogens with zero attached hydrogens (tertiary/aromatic N) is 4. The topological polar surface area (TPSA) is 68.9 Å². The van der Waals surface area contributed by atoms with Gasteiger partial charge in [0.25, 0.3) is 0 Å². The fourth-order valence-electron chi connectivity index (χ4n) is 3.24. The first kappa shape index (κ1) is 23.6. The Kier molecular flexibility index (Phi) is 10.4. The lowest BCUT2D eigenvalue weighted by Crippen LogP contribution is -2.44. The summed E-state index contributed by atoms with van der Waals surface area (Å²) in [7, 11) is 3.99. The largest absolute Gasteiger partial charge is 0.444 e. The first-order valence-electron chi connectivity index (χ1n) is 10.1. The SMILES string of the molecule is CN=C(NCCCCN1CCN(C)CC1)NCc1coc(-c2ccccc2)n1.I. The smallest absolute Gasteiger partial charge is 0.226 e. The van der Waals surface area contributed by atoms with Gasteiger partial charge in [-0.25, -0.2) is 4.98 Å². The maximum atomic E-state index is 5.57. The summed E-state index contributed by atoms with van der Waals surface area (Å²) in [5.41, 5.74) is 1.84. The molecule has 0 amide bonds. The number of hydrogen-bond donors (Lipinski definition) is 2. The van der Waals surface area contributed by atoms with Gasteiger partial charge in [-0.2, -0.15) is 0 Å². The second kappa shape index (κ2) is 12.8. The molecule has 160 valence electrons. The molecule has 1 aliphatic rings. The number of aliphatic imine (C=N–C) groups is 1. The van der Waals surface area contributed by atoms with Gasteiger partial charge in [0.15, 0.2) is 5.96 Å². The van der Waals surface area contributed by atoms with Crippen LogP contribution >= 0.6 is 24.0 Å². The predicted octanol–water partition coefficient (Wildman–Crippen LogP) is 2.65. The molecular formula is C21H33IN6O. The summed E-state index contributed by atoms with van der Waals surface area (Å²) in [4.78, 5) is 13.8. The zero-order valence-electron chi connectivity index (χ0n) is 17.4. The number of aromatic nitrogens is 1. The van der Waals surface area contributed by atoms with Crippen molar-refractivity contribution in [2.45, 2.75) is 19.4 Å². The molecule has 0 bridgehead atoms. The third-order valence-electron chi connectivity index (χ3n) is 5.02. The molecule has 0 saturated carbocycles. The van der Waals surface area contributed by atoms with Crippen molar-refractivity contribution in [2.75, 3.05) is 53.4 Å². The number of halogens is 1. The van der Waals surface area contributed by atoms with E-state index >= 15 is 0 Å². The number of guanidine groups is 1. The number of oxazole rings is 1. The Bertz CT molecular complexity index is 728. The van der Waals surface area contributed by atoms with E-state index in [9.17, 15) is 0 Å². The molecule has 0 atom stereocenters. The molecule has 2 aromatic rings. The van der Waals surface area contributed by atoms with Crippen LogP contribution in [0.5, 0.6) is 0 Å². The lowest BCUT2D eigenvalue weighted by atomic mass is 10.2. The molecule has 0 spiro atoms. The summed E-state index contributed by atoms with van der Waals surface area (Å²) in [6.07, 6.45) is 4.03. The van der Waals surface area contributed by atoms with Gasteiger partial charge in [0.05, 0.1) is 12.2 Å². The van der Waals surface area contributed by atoms with Gasteiger partial charge in [0, 0.05) is 45.3 Å². The molecule has 8 heteroatoms. The number of nitrogens with one attached hydrogen (secondary N) is 2. The van der Waals surface area contributed by atoms with Crippen molar-refractivity contribution in [2.24, 2.45) is 4.99 Å². The molecule has 1 saturated heterocycles. The highest BCUT2D eigenvalue weighted by Gasteiger charge is 2.12. The summed E-state index contributed by atoms with van der Waals surface area (Å²) in [5, 5.41) is 6.67. The van der Waals surface area contributed by atoms with E-state index in [0.717, 1.165) is 30.2 Å². The highest BCUT2D eigenvalue weighted by molar-refractivity contribution is 14.0. The molecule has 1 aromatic carbocycles. The lowest BCUT2D eigenvalue weighted by molar-refractivity contribution is 0.152. The number of piperazine rings is 1. The Hall–Kier alpha value is -1.65. The van der Waals surface area contributed by atoms with E-state index in [-0.39, 0.29) is 24.0 Å². The average molecular weight is 512 g/mol. The van der Waals surface area contributed by atoms with E-state index in [1.165, 1.54) is 39.1 Å². The van der Waals surface area contributed by atoms with Gasteiger partial charge >= 0.3 is 0 Å². The lowest BCUT2D eigenvalue weighted by Gasteiger charge is -2.32. The van der Waals surface area contributed by atoms with Crippen LogP contribution in [0.15, 0.2) is 46.0 Å². The van der Waals surface area contributed by atoms with E-state index in [1.54, 1.807) is 13.3 Å². The van der Waals surface area contributed by atoms with Gasteiger partial charge in [-0.1, -0.05) is 18.2 Å². The molecule has 0 unspecified atom stereocenters. The zero-order valence-corrected chi connectivity index (χ0v) is 19.8. The molecule has 1 aromatic heterocycles. The van der Waals surface area contributed by atoms with Gasteiger partial charge < -0.3 is 24.9 Å². The fourth-order valence-corrected chi connectivity index (χ4v) is 3.24. The summed E-state index contributed by atoms with van der Waals surface area (Å²) in [6, 6.07) is 9.92. The van der Waals surface area contributed by atoms with Crippen molar-refractivity contribution < 1.29 is 4.42 Å². The van der Waals surface area contributed by atoms with Gasteiger partial charge in [-0.05, 0) is 38.6 Å². The third kappa shape index (κ3) is 7.94. The van der Waals surface area contributed by atoms with Crippen molar-refractivity contribution in [3.05, 3.63) is 42.3 Å². The van der Waals surface area contributed by atoms with Crippen LogP contribution < -0.4 is 10.6 Å². The van der Waals surface area contributed by atoms with Crippen molar-refractivity contribution in [1.29, 1.82) is 0 Å². The maximum Gasteiger partial charge on any atom is 0.226 e. The minimum atomic E-state index is 0. The van der Waals surface area contributed by atoms with E-state index in [4.69, 9.17) is 4.42 Å². The van der Waals surface area contributed by atoms with Crippen molar-refractivity contribution in [3.8, 4) is 11.5 Å². The Morgan fingerprint density at radius 3 is 2.59 bits per heavy atom. The van der Waals surface area contributed by atoms with Crippen molar-refractivity contribution in [3.63, 3.8) is 0 Å². The summed E-state index contributed by atoms with van der Waals surface area (Å²) < 4.78 is 5.57. The van der Waals surface area contributed by atoms with E-state index in [0.29, 0.717) is 12.4 Å². The Morgan fingerprint density at radius 1 is 1.10 bits per heavy atom. The number of unbranched alkanes of at least 4 members (excludes halogenated alkanes) is 1. The highest BCUT2D eigenvalue weighted by atomic mass is 127. The van der Waals surface area contributed by atoms with E-state index < -0.39 is 0 Å². The Balaban J connectivity index is 0.00000300. The van der Waals surface area contributed by atoms with Crippen LogP contribution in [-0.4, -0.2) is 74.1 Å². The molecule has 1 aliphatic heterocycles. The fraction of sp³-hybridized carbons (Fsp3) is 0.524. The van der Waals surface area contributed by atoms with Gasteiger partial charge in [0.2, 0.25) is 5.89 Å². The predicted molar refractivity (Wildman–Crippen MR) is 129 cm³/mol. The van der Waals surface area contributed by atoms with Crippen LogP contribution in [0.25, 0.3) is 11.5 Å². The minimum absolute atomic E-state index is 0. The Labute approximate surface area is 191 Å². The van der Waals surface area contributed by atoms with Crippen molar-refractivity contribution in [1.82, 2.24) is 25.4 Å². The zero-order chi connectivity index (χ0) is 19.6. The maximum absolute atomic E-state index is 5.57. The van der Waals surface area contributed by atoms with Crippen LogP contribution in [0.1, 0.15) is 18.5 Å². The molecule has 2 N–H and O–H groups in total. The molecular weight excluding hydrogens is 479 g/mol. The van der Waals surface area contributed by atoms with Crippen LogP contribution in [0.2, 0.25) is 0 Å². The van der Waals surface area contributed by atoms with Gasteiger partial charge in [-0.15, -0.1) is 24.0 Å². The third-order valence-corrected chi connectivity index (χ3v) is 5.02. The first-order chi connectivity index (χ1) is 13.7. The Morgan fingerprint density at radius 2 is 1.86 bits per heavy atom. The monoisotopic (exact) mass is 512 g/mol. The summed E-state index contributed by atoms with van der Waals surface area (Å²) >= 11 is 0. The minimum Gasteiger partial charge on any atom is -0.444 e. The van der Waals surface area contributed by atoms with Crippen LogP contribution in [0.3, 0.4) is 0 Å². The number of likely N-dealkylation sites (N-methyl/N-ethyl adjacent to an activating group) is 1. The van der Waals surface area contributed by atoms with Gasteiger partial charge in [-0.3, -0.25) is 4.99 Å². The second-order valence-electron chi connectivity index (χ2n) is 7.21. The molecule has 1 fully saturated rings. The summed E-state index contributed by atoms with van der Waals surface area (Å²) in [6.45, 7) is 7.43. The van der Waals surface area contributed by atoms with E-state index in [2.05, 4.69) is 37.5 Å². The first-order valence-corrected chi connectivity index (χ1v) is 10.1. The van der Waals surface area contributed by atoms with Crippen LogP contribution in [0, 0.1) is 0 Å². The molecule has 0 radical (unpaired) electrons. The molecule has 0 aliphatic carbocycles. The van der Waals surface area contributed by atoms with Gasteiger partial charge in [0.1, 0.15) is 6.26 Å². The number of benzene rings is 1. The molecule has 29 heavy (non-hydrogen) atoms. The second-order valence-corrected chi connectivity index (χ2v) is 7.21. The molecule has 2 heterocycles. The highest BCUT2D eigenvalue weighted by Crippen LogP contribution is 2.17. The molecule has 3 rings (SSSR count). The standard InChI is InChI=1S/C21H32N6O.HI/c1-22-21(23-10-6-7-11-27-14-12-26(2)13-15-27)24-16-19-17-28-20(25-19)18-8-4-3-5-9-18;/h3-5,8-9,17H,6-7,10-16H2,1-2H3,(H2,22,23,24);1H. The van der Waals surface area contributed by atoms with Crippen LogP contribution in [0.4, 0.5) is 0 Å².